The number of nitrogens with two attached hydrogens (primary N) is 1. The second kappa shape index (κ2) is 3.28. The van der Waals surface area contributed by atoms with E-state index in [1.54, 1.807) is 0 Å². The molecule has 1 aromatic heterocycles. The van der Waals surface area contributed by atoms with Gasteiger partial charge in [-0.2, -0.15) is 4.37 Å². The molecular weight excluding hydrogens is 158 g/mol. The van der Waals surface area contributed by atoms with Crippen LogP contribution in [-0.4, -0.2) is 9.36 Å². The van der Waals surface area contributed by atoms with Crippen LogP contribution in [0, 0.1) is 12.8 Å². The van der Waals surface area contributed by atoms with Gasteiger partial charge in [0.1, 0.15) is 10.8 Å². The molecule has 4 heteroatoms. The van der Waals surface area contributed by atoms with Crippen LogP contribution < -0.4 is 5.73 Å². The van der Waals surface area contributed by atoms with Crippen molar-refractivity contribution in [3.05, 3.63) is 10.8 Å². The number of nitrogens with zero attached hydrogens (tertiary/aromatic N) is 2. The lowest BCUT2D eigenvalue weighted by molar-refractivity contribution is 0.511. The zero-order valence-corrected chi connectivity index (χ0v) is 7.85. The third kappa shape index (κ3) is 1.97. The Balaban J connectivity index is 2.76. The quantitative estimate of drug-likeness (QED) is 0.733. The number of hydrogen-bond acceptors (Lipinski definition) is 4. The Morgan fingerprint density at radius 3 is 2.45 bits per heavy atom. The molecule has 0 fully saturated rings. The summed E-state index contributed by atoms with van der Waals surface area (Å²) in [6.07, 6.45) is 0. The largest absolute Gasteiger partial charge is 0.322 e. The lowest BCUT2D eigenvalue weighted by Crippen LogP contribution is -2.16. The summed E-state index contributed by atoms with van der Waals surface area (Å²) in [7, 11) is 0. The van der Waals surface area contributed by atoms with Crippen molar-refractivity contribution in [2.45, 2.75) is 26.8 Å². The van der Waals surface area contributed by atoms with E-state index in [0.717, 1.165) is 10.8 Å². The molecule has 11 heavy (non-hydrogen) atoms. The van der Waals surface area contributed by atoms with E-state index in [1.165, 1.54) is 11.5 Å². The van der Waals surface area contributed by atoms with Gasteiger partial charge in [0, 0.05) is 0 Å². The van der Waals surface area contributed by atoms with Crippen LogP contribution in [0.15, 0.2) is 0 Å². The van der Waals surface area contributed by atoms with E-state index in [1.807, 2.05) is 6.92 Å². The van der Waals surface area contributed by atoms with Crippen LogP contribution in [-0.2, 0) is 0 Å². The summed E-state index contributed by atoms with van der Waals surface area (Å²) in [5, 5.41) is 0.942. The predicted octanol–water partition coefficient (Wildman–Crippen LogP) is 1.50. The highest BCUT2D eigenvalue weighted by Crippen LogP contribution is 2.19. The smallest absolute Gasteiger partial charge is 0.139 e. The average Bonchev–Trinajstić information content (AvgIpc) is 2.34. The van der Waals surface area contributed by atoms with Crippen molar-refractivity contribution in [1.29, 1.82) is 0 Å². The molecule has 0 aromatic carbocycles. The Labute approximate surface area is 70.8 Å². The highest BCUT2D eigenvalue weighted by molar-refractivity contribution is 7.05. The van der Waals surface area contributed by atoms with Gasteiger partial charge in [-0.1, -0.05) is 13.8 Å². The molecule has 62 valence electrons. The van der Waals surface area contributed by atoms with Gasteiger partial charge in [0.05, 0.1) is 6.04 Å². The van der Waals surface area contributed by atoms with Crippen molar-refractivity contribution in [2.24, 2.45) is 11.7 Å². The average molecular weight is 171 g/mol. The van der Waals surface area contributed by atoms with Gasteiger partial charge in [-0.25, -0.2) is 4.98 Å². The van der Waals surface area contributed by atoms with Gasteiger partial charge in [-0.3, -0.25) is 0 Å². The van der Waals surface area contributed by atoms with E-state index in [4.69, 9.17) is 5.73 Å². The maximum atomic E-state index is 5.86. The van der Waals surface area contributed by atoms with Crippen LogP contribution >= 0.6 is 11.5 Å². The molecule has 0 saturated heterocycles. The zero-order valence-electron chi connectivity index (χ0n) is 7.03. The fourth-order valence-corrected chi connectivity index (χ4v) is 1.57. The fraction of sp³-hybridized carbons (Fsp3) is 0.714. The first-order chi connectivity index (χ1) is 5.11. The number of hydrogen-bond donors (Lipinski definition) is 1. The molecule has 2 N–H and O–H groups in total. The molecule has 1 aromatic rings. The topological polar surface area (TPSA) is 51.8 Å². The van der Waals surface area contributed by atoms with E-state index >= 15 is 0 Å². The molecule has 0 aliphatic rings. The minimum atomic E-state index is 0.0428. The van der Waals surface area contributed by atoms with Crippen LogP contribution in [0.2, 0.25) is 0 Å². The molecule has 0 radical (unpaired) electrons. The van der Waals surface area contributed by atoms with Crippen molar-refractivity contribution in [1.82, 2.24) is 9.36 Å². The summed E-state index contributed by atoms with van der Waals surface area (Å²) >= 11 is 1.40. The number of aryl methyl sites for hydroxylation is 1. The van der Waals surface area contributed by atoms with E-state index in [-0.39, 0.29) is 6.04 Å². The number of aromatic nitrogens is 2. The van der Waals surface area contributed by atoms with Gasteiger partial charge in [0.15, 0.2) is 0 Å². The van der Waals surface area contributed by atoms with Crippen LogP contribution in [0.3, 0.4) is 0 Å². The number of rotatable bonds is 2. The van der Waals surface area contributed by atoms with Crippen molar-refractivity contribution in [3.8, 4) is 0 Å². The minimum absolute atomic E-state index is 0.0428. The molecule has 0 bridgehead atoms. The van der Waals surface area contributed by atoms with Crippen molar-refractivity contribution < 1.29 is 0 Å². The summed E-state index contributed by atoms with van der Waals surface area (Å²) in [4.78, 5) is 4.21. The lowest BCUT2D eigenvalue weighted by Gasteiger charge is -2.10. The van der Waals surface area contributed by atoms with E-state index < -0.39 is 0 Å². The van der Waals surface area contributed by atoms with Gasteiger partial charge in [-0.05, 0) is 24.4 Å². The second-order valence-electron chi connectivity index (χ2n) is 2.95. The molecule has 1 atom stereocenters. The molecule has 0 spiro atoms. The Hall–Kier alpha value is -0.480. The third-order valence-corrected chi connectivity index (χ3v) is 2.45. The maximum Gasteiger partial charge on any atom is 0.139 e. The Bertz CT molecular complexity index is 231. The third-order valence-electron chi connectivity index (χ3n) is 1.55. The molecule has 3 nitrogen and oxygen atoms in total. The van der Waals surface area contributed by atoms with E-state index in [2.05, 4.69) is 23.2 Å². The molecular formula is C7H13N3S. The molecule has 1 rings (SSSR count). The second-order valence-corrected chi connectivity index (χ2v) is 3.73. The minimum Gasteiger partial charge on any atom is -0.322 e. The van der Waals surface area contributed by atoms with Crippen molar-refractivity contribution in [3.63, 3.8) is 0 Å². The first-order valence-corrected chi connectivity index (χ1v) is 4.44. The summed E-state index contributed by atoms with van der Waals surface area (Å²) in [5.74, 6) is 1.25. The lowest BCUT2D eigenvalue weighted by atomic mass is 10.1. The molecule has 0 aliphatic heterocycles. The van der Waals surface area contributed by atoms with Gasteiger partial charge in [0.25, 0.3) is 0 Å². The fourth-order valence-electron chi connectivity index (χ4n) is 0.734. The first kappa shape index (κ1) is 8.62. The van der Waals surface area contributed by atoms with Crippen LogP contribution in [0.1, 0.15) is 30.7 Å². The highest BCUT2D eigenvalue weighted by atomic mass is 32.1. The molecule has 0 aliphatic carbocycles. The van der Waals surface area contributed by atoms with Crippen LogP contribution in [0.25, 0.3) is 0 Å². The Morgan fingerprint density at radius 1 is 1.45 bits per heavy atom. The van der Waals surface area contributed by atoms with E-state index in [0.29, 0.717) is 5.92 Å². The molecule has 1 heterocycles. The summed E-state index contributed by atoms with van der Waals surface area (Å²) in [5.41, 5.74) is 5.86. The van der Waals surface area contributed by atoms with Gasteiger partial charge < -0.3 is 5.73 Å². The van der Waals surface area contributed by atoms with Gasteiger partial charge in [0.2, 0.25) is 0 Å². The SMILES string of the molecule is Cc1nsc([C@@H](N)C(C)C)n1. The standard InChI is InChI=1S/C7H13N3S/c1-4(2)6(8)7-9-5(3)10-11-7/h4,6H,8H2,1-3H3/t6-/m0/s1. The van der Waals surface area contributed by atoms with Gasteiger partial charge in [-0.15, -0.1) is 0 Å². The van der Waals surface area contributed by atoms with Crippen molar-refractivity contribution in [2.75, 3.05) is 0 Å². The highest BCUT2D eigenvalue weighted by Gasteiger charge is 2.13. The van der Waals surface area contributed by atoms with Crippen LogP contribution in [0.5, 0.6) is 0 Å². The predicted molar refractivity (Wildman–Crippen MR) is 46.4 cm³/mol. The van der Waals surface area contributed by atoms with Gasteiger partial charge >= 0.3 is 0 Å². The summed E-state index contributed by atoms with van der Waals surface area (Å²) in [6, 6.07) is 0.0428. The Kier molecular flexibility index (Phi) is 2.57. The normalized spacial score (nSPS) is 13.9. The maximum absolute atomic E-state index is 5.86. The van der Waals surface area contributed by atoms with Crippen LogP contribution in [0.4, 0.5) is 0 Å². The Morgan fingerprint density at radius 2 is 2.09 bits per heavy atom. The summed E-state index contributed by atoms with van der Waals surface area (Å²) in [6.45, 7) is 6.05. The molecule has 0 amide bonds. The zero-order chi connectivity index (χ0) is 8.43. The monoisotopic (exact) mass is 171 g/mol. The van der Waals surface area contributed by atoms with Crippen molar-refractivity contribution >= 4 is 11.5 Å². The summed E-state index contributed by atoms with van der Waals surface area (Å²) < 4.78 is 4.07. The molecule has 0 unspecified atom stereocenters. The van der Waals surface area contributed by atoms with E-state index in [9.17, 15) is 0 Å². The first-order valence-electron chi connectivity index (χ1n) is 3.67. The molecule has 0 saturated carbocycles.